The Kier molecular flexibility index (Phi) is 4.15. The average Bonchev–Trinajstić information content (AvgIpc) is 2.86. The summed E-state index contributed by atoms with van der Waals surface area (Å²) < 4.78 is 18.7. The second-order valence-electron chi connectivity index (χ2n) is 4.20. The number of benzene rings is 1. The Labute approximate surface area is 107 Å². The van der Waals surface area contributed by atoms with Crippen LogP contribution in [0.25, 0.3) is 0 Å². The second-order valence-corrected chi connectivity index (χ2v) is 4.20. The number of aryl methyl sites for hydroxylation is 1. The van der Waals surface area contributed by atoms with Gasteiger partial charge in [-0.2, -0.15) is 0 Å². The lowest BCUT2D eigenvalue weighted by Gasteiger charge is -2.16. The predicted molar refractivity (Wildman–Crippen MR) is 70.0 cm³/mol. The smallest absolute Gasteiger partial charge is 0.125 e. The zero-order valence-electron chi connectivity index (χ0n) is 10.7. The summed E-state index contributed by atoms with van der Waals surface area (Å²) in [5.41, 5.74) is 1.01. The summed E-state index contributed by atoms with van der Waals surface area (Å²) in [5, 5.41) is 3.36. The molecule has 0 saturated heterocycles. The molecule has 2 nitrogen and oxygen atoms in total. The van der Waals surface area contributed by atoms with Crippen LogP contribution in [0.4, 0.5) is 4.39 Å². The molecule has 0 radical (unpaired) electrons. The van der Waals surface area contributed by atoms with Crippen LogP contribution >= 0.6 is 0 Å². The van der Waals surface area contributed by atoms with Crippen LogP contribution in [-0.4, -0.2) is 6.54 Å². The Morgan fingerprint density at radius 2 is 1.83 bits per heavy atom. The summed E-state index contributed by atoms with van der Waals surface area (Å²) in [6.45, 7) is 4.92. The van der Waals surface area contributed by atoms with Crippen molar-refractivity contribution in [3.8, 4) is 0 Å². The van der Waals surface area contributed by atoms with Gasteiger partial charge in [0.2, 0.25) is 0 Å². The van der Waals surface area contributed by atoms with Gasteiger partial charge >= 0.3 is 0 Å². The van der Waals surface area contributed by atoms with Crippen molar-refractivity contribution in [2.45, 2.75) is 26.3 Å². The molecule has 0 saturated carbocycles. The fourth-order valence-electron chi connectivity index (χ4n) is 1.98. The number of hydrogen-bond donors (Lipinski definition) is 1. The van der Waals surface area contributed by atoms with Crippen LogP contribution < -0.4 is 5.32 Å². The number of furan rings is 1. The monoisotopic (exact) mass is 247 g/mol. The summed E-state index contributed by atoms with van der Waals surface area (Å²) in [4.78, 5) is 0. The third-order valence-corrected chi connectivity index (χ3v) is 2.93. The van der Waals surface area contributed by atoms with E-state index in [9.17, 15) is 4.39 Å². The minimum atomic E-state index is -0.220. The average molecular weight is 247 g/mol. The normalized spacial score (nSPS) is 12.6. The maximum Gasteiger partial charge on any atom is 0.125 e. The van der Waals surface area contributed by atoms with E-state index >= 15 is 0 Å². The van der Waals surface area contributed by atoms with E-state index in [1.165, 1.54) is 12.1 Å². The van der Waals surface area contributed by atoms with Gasteiger partial charge in [-0.25, -0.2) is 4.39 Å². The molecule has 0 aliphatic carbocycles. The van der Waals surface area contributed by atoms with Gasteiger partial charge in [-0.15, -0.1) is 0 Å². The van der Waals surface area contributed by atoms with Gasteiger partial charge in [-0.05, 0) is 36.4 Å². The van der Waals surface area contributed by atoms with Crippen molar-refractivity contribution >= 4 is 0 Å². The van der Waals surface area contributed by atoms with E-state index in [2.05, 4.69) is 12.2 Å². The molecule has 1 unspecified atom stereocenters. The van der Waals surface area contributed by atoms with Crippen LogP contribution in [-0.2, 0) is 6.42 Å². The molecule has 96 valence electrons. The fraction of sp³-hybridized carbons (Fsp3) is 0.333. The Morgan fingerprint density at radius 3 is 2.39 bits per heavy atom. The third kappa shape index (κ3) is 2.79. The minimum absolute atomic E-state index is 0.0177. The van der Waals surface area contributed by atoms with Crippen LogP contribution in [0, 0.1) is 5.82 Å². The summed E-state index contributed by atoms with van der Waals surface area (Å²) in [6.07, 6.45) is 0.877. The minimum Gasteiger partial charge on any atom is -0.464 e. The number of hydrogen-bond acceptors (Lipinski definition) is 2. The molecule has 1 N–H and O–H groups in total. The first kappa shape index (κ1) is 12.8. The van der Waals surface area contributed by atoms with Gasteiger partial charge in [0, 0.05) is 6.42 Å². The van der Waals surface area contributed by atoms with E-state index in [1.807, 2.05) is 19.1 Å². The Bertz CT molecular complexity index is 489. The van der Waals surface area contributed by atoms with Gasteiger partial charge in [0.05, 0.1) is 6.04 Å². The zero-order valence-corrected chi connectivity index (χ0v) is 10.7. The summed E-state index contributed by atoms with van der Waals surface area (Å²) in [6, 6.07) is 10.5. The first-order valence-corrected chi connectivity index (χ1v) is 6.32. The van der Waals surface area contributed by atoms with Crippen molar-refractivity contribution in [1.82, 2.24) is 5.32 Å². The number of halogens is 1. The molecule has 1 atom stereocenters. The van der Waals surface area contributed by atoms with Crippen molar-refractivity contribution in [2.75, 3.05) is 6.54 Å². The summed E-state index contributed by atoms with van der Waals surface area (Å²) >= 11 is 0. The Balaban J connectivity index is 2.29. The molecule has 0 aliphatic heterocycles. The van der Waals surface area contributed by atoms with Crippen LogP contribution in [0.15, 0.2) is 40.8 Å². The Hall–Kier alpha value is -1.61. The standard InChI is InChI=1S/C15H18FNO/c1-3-13-9-10-14(18-13)15(17-4-2)11-5-7-12(16)8-6-11/h5-10,15,17H,3-4H2,1-2H3. The molecule has 0 aliphatic rings. The molecule has 1 aromatic heterocycles. The molecular formula is C15H18FNO. The topological polar surface area (TPSA) is 25.2 Å². The molecule has 0 bridgehead atoms. The molecule has 1 aromatic carbocycles. The van der Waals surface area contributed by atoms with Crippen molar-refractivity contribution in [3.05, 3.63) is 59.3 Å². The van der Waals surface area contributed by atoms with Gasteiger partial charge in [-0.3, -0.25) is 0 Å². The van der Waals surface area contributed by atoms with Crippen LogP contribution in [0.1, 0.15) is 37.0 Å². The van der Waals surface area contributed by atoms with E-state index in [0.717, 1.165) is 30.0 Å². The van der Waals surface area contributed by atoms with Crippen molar-refractivity contribution in [1.29, 1.82) is 0 Å². The molecule has 0 amide bonds. The van der Waals surface area contributed by atoms with E-state index in [-0.39, 0.29) is 11.9 Å². The molecule has 1 heterocycles. The fourth-order valence-corrected chi connectivity index (χ4v) is 1.98. The highest BCUT2D eigenvalue weighted by Crippen LogP contribution is 2.24. The Morgan fingerprint density at radius 1 is 1.11 bits per heavy atom. The van der Waals surface area contributed by atoms with Crippen LogP contribution in [0.5, 0.6) is 0 Å². The molecule has 0 spiro atoms. The first-order chi connectivity index (χ1) is 8.74. The van der Waals surface area contributed by atoms with Gasteiger partial charge in [0.15, 0.2) is 0 Å². The third-order valence-electron chi connectivity index (χ3n) is 2.93. The lowest BCUT2D eigenvalue weighted by Crippen LogP contribution is -2.21. The molecule has 3 heteroatoms. The van der Waals surface area contributed by atoms with Crippen molar-refractivity contribution in [2.24, 2.45) is 0 Å². The van der Waals surface area contributed by atoms with Gasteiger partial charge in [0.1, 0.15) is 17.3 Å². The highest BCUT2D eigenvalue weighted by atomic mass is 19.1. The van der Waals surface area contributed by atoms with Gasteiger partial charge in [0.25, 0.3) is 0 Å². The largest absolute Gasteiger partial charge is 0.464 e. The highest BCUT2D eigenvalue weighted by Gasteiger charge is 2.16. The molecular weight excluding hydrogens is 229 g/mol. The SMILES string of the molecule is CCNC(c1ccc(F)cc1)c1ccc(CC)o1. The summed E-state index contributed by atoms with van der Waals surface area (Å²) in [7, 11) is 0. The maximum absolute atomic E-state index is 13.0. The highest BCUT2D eigenvalue weighted by molar-refractivity contribution is 5.27. The first-order valence-electron chi connectivity index (χ1n) is 6.32. The van der Waals surface area contributed by atoms with Crippen molar-refractivity contribution in [3.63, 3.8) is 0 Å². The molecule has 18 heavy (non-hydrogen) atoms. The number of nitrogens with one attached hydrogen (secondary N) is 1. The van der Waals surface area contributed by atoms with E-state index in [1.54, 1.807) is 12.1 Å². The molecule has 2 rings (SSSR count). The predicted octanol–water partition coefficient (Wildman–Crippen LogP) is 3.68. The second kappa shape index (κ2) is 5.83. The van der Waals surface area contributed by atoms with E-state index < -0.39 is 0 Å². The summed E-state index contributed by atoms with van der Waals surface area (Å²) in [5.74, 6) is 1.62. The molecule has 0 fully saturated rings. The lowest BCUT2D eigenvalue weighted by molar-refractivity contribution is 0.425. The van der Waals surface area contributed by atoms with Gasteiger partial charge in [-0.1, -0.05) is 26.0 Å². The lowest BCUT2D eigenvalue weighted by atomic mass is 10.0. The van der Waals surface area contributed by atoms with E-state index in [0.29, 0.717) is 0 Å². The zero-order chi connectivity index (χ0) is 13.0. The van der Waals surface area contributed by atoms with Gasteiger partial charge < -0.3 is 9.73 Å². The number of rotatable bonds is 5. The molecule has 2 aromatic rings. The van der Waals surface area contributed by atoms with Crippen molar-refractivity contribution < 1.29 is 8.81 Å². The quantitative estimate of drug-likeness (QED) is 0.872. The van der Waals surface area contributed by atoms with Crippen LogP contribution in [0.3, 0.4) is 0 Å². The maximum atomic E-state index is 13.0. The van der Waals surface area contributed by atoms with E-state index in [4.69, 9.17) is 4.42 Å². The van der Waals surface area contributed by atoms with Crippen LogP contribution in [0.2, 0.25) is 0 Å².